The lowest BCUT2D eigenvalue weighted by atomic mass is 10.3. The molecule has 0 aromatic heterocycles. The van der Waals surface area contributed by atoms with E-state index in [4.69, 9.17) is 0 Å². The molecule has 1 saturated heterocycles. The van der Waals surface area contributed by atoms with Crippen LogP contribution in [0.3, 0.4) is 0 Å². The Kier molecular flexibility index (Phi) is 2.62. The van der Waals surface area contributed by atoms with Gasteiger partial charge in [-0.2, -0.15) is 9.30 Å². The van der Waals surface area contributed by atoms with Gasteiger partial charge in [0.15, 0.2) is 0 Å². The third-order valence-electron chi connectivity index (χ3n) is 1.80. The molecule has 0 spiro atoms. The van der Waals surface area contributed by atoms with Gasteiger partial charge in [0.25, 0.3) is 0 Å². The van der Waals surface area contributed by atoms with Gasteiger partial charge >= 0.3 is 0 Å². The number of hydrogen-bond donors (Lipinski definition) is 0. The molecule has 1 fully saturated rings. The van der Waals surface area contributed by atoms with Crippen molar-refractivity contribution < 1.29 is 13.2 Å². The first kappa shape index (κ1) is 9.38. The molecule has 1 aliphatic heterocycles. The molecule has 6 heteroatoms. The molecule has 0 aromatic rings. The lowest BCUT2D eigenvalue weighted by Crippen LogP contribution is -2.33. The molecule has 1 heterocycles. The van der Waals surface area contributed by atoms with Gasteiger partial charge in [0, 0.05) is 6.54 Å². The quantitative estimate of drug-likeness (QED) is 0.443. The van der Waals surface area contributed by atoms with Crippen LogP contribution in [0.4, 0.5) is 0 Å². The molecule has 0 bridgehead atoms. The highest BCUT2D eigenvalue weighted by Gasteiger charge is 2.30. The monoisotopic (exact) mass is 190 g/mol. The van der Waals surface area contributed by atoms with Crippen LogP contribution in [-0.4, -0.2) is 37.8 Å². The van der Waals surface area contributed by atoms with Crippen molar-refractivity contribution in [2.75, 3.05) is 12.8 Å². The average molecular weight is 190 g/mol. The predicted molar refractivity (Wildman–Crippen MR) is 42.7 cm³/mol. The number of sulfonamides is 1. The average Bonchev–Trinajstić information content (AvgIpc) is 2.34. The molecule has 1 aliphatic rings. The first-order chi connectivity index (χ1) is 5.55. The van der Waals surface area contributed by atoms with Crippen molar-refractivity contribution in [3.05, 3.63) is 0 Å². The fourth-order valence-electron chi connectivity index (χ4n) is 1.30. The van der Waals surface area contributed by atoms with Crippen LogP contribution in [0.2, 0.25) is 0 Å². The molecule has 0 saturated carbocycles. The van der Waals surface area contributed by atoms with Gasteiger partial charge in [0.1, 0.15) is 6.17 Å². The molecule has 0 amide bonds. The molecule has 12 heavy (non-hydrogen) atoms. The second-order valence-corrected chi connectivity index (χ2v) is 4.65. The third kappa shape index (κ3) is 1.91. The number of nitrogens with zero attached hydrogens (tertiary/aromatic N) is 2. The summed E-state index contributed by atoms with van der Waals surface area (Å²) in [6.45, 7) is 0.453. The number of isocyanates is 1. The Hall–Kier alpha value is -0.710. The first-order valence-electron chi connectivity index (χ1n) is 3.59. The van der Waals surface area contributed by atoms with E-state index in [-0.39, 0.29) is 0 Å². The van der Waals surface area contributed by atoms with Gasteiger partial charge in [-0.15, -0.1) is 0 Å². The lowest BCUT2D eigenvalue weighted by Gasteiger charge is -2.16. The summed E-state index contributed by atoms with van der Waals surface area (Å²) in [5.74, 6) is 0. The summed E-state index contributed by atoms with van der Waals surface area (Å²) in [7, 11) is -3.21. The van der Waals surface area contributed by atoms with Crippen molar-refractivity contribution in [2.45, 2.75) is 19.0 Å². The predicted octanol–water partition coefficient (Wildman–Crippen LogP) is -0.296. The second kappa shape index (κ2) is 3.35. The van der Waals surface area contributed by atoms with Crippen LogP contribution in [0.25, 0.3) is 0 Å². The van der Waals surface area contributed by atoms with Crippen molar-refractivity contribution in [1.29, 1.82) is 0 Å². The molecular formula is C6H10N2O3S. The molecule has 1 rings (SSSR count). The fourth-order valence-corrected chi connectivity index (χ4v) is 2.35. The molecule has 68 valence electrons. The number of carbonyl (C=O) groups excluding carboxylic acids is 1. The molecular weight excluding hydrogens is 180 g/mol. The third-order valence-corrected chi connectivity index (χ3v) is 3.08. The van der Waals surface area contributed by atoms with E-state index < -0.39 is 16.2 Å². The van der Waals surface area contributed by atoms with E-state index >= 15 is 0 Å². The van der Waals surface area contributed by atoms with Crippen LogP contribution in [0.15, 0.2) is 4.99 Å². The van der Waals surface area contributed by atoms with Crippen LogP contribution in [0, 0.1) is 0 Å². The Balaban J connectivity index is 2.84. The van der Waals surface area contributed by atoms with Gasteiger partial charge in [0.2, 0.25) is 16.1 Å². The highest BCUT2D eigenvalue weighted by atomic mass is 32.2. The number of rotatable bonds is 2. The van der Waals surface area contributed by atoms with Crippen molar-refractivity contribution in [3.63, 3.8) is 0 Å². The second-order valence-electron chi connectivity index (χ2n) is 2.72. The minimum atomic E-state index is -3.21. The highest BCUT2D eigenvalue weighted by molar-refractivity contribution is 7.88. The molecule has 5 nitrogen and oxygen atoms in total. The van der Waals surface area contributed by atoms with Gasteiger partial charge in [-0.1, -0.05) is 0 Å². The van der Waals surface area contributed by atoms with E-state index in [9.17, 15) is 13.2 Å². The van der Waals surface area contributed by atoms with Crippen molar-refractivity contribution >= 4 is 16.1 Å². The fraction of sp³-hybridized carbons (Fsp3) is 0.833. The van der Waals surface area contributed by atoms with Gasteiger partial charge in [-0.3, -0.25) is 0 Å². The summed E-state index contributed by atoms with van der Waals surface area (Å²) in [5, 5.41) is 0. The van der Waals surface area contributed by atoms with E-state index in [1.807, 2.05) is 0 Å². The van der Waals surface area contributed by atoms with E-state index in [0.717, 1.165) is 12.7 Å². The summed E-state index contributed by atoms with van der Waals surface area (Å²) < 4.78 is 23.3. The maximum atomic E-state index is 11.1. The summed E-state index contributed by atoms with van der Waals surface area (Å²) in [5.41, 5.74) is 0. The number of hydrogen-bond acceptors (Lipinski definition) is 4. The van der Waals surface area contributed by atoms with Gasteiger partial charge in [-0.25, -0.2) is 13.2 Å². The summed E-state index contributed by atoms with van der Waals surface area (Å²) in [6, 6.07) is 0. The van der Waals surface area contributed by atoms with Crippen LogP contribution in [0.5, 0.6) is 0 Å². The largest absolute Gasteiger partial charge is 0.236 e. The highest BCUT2D eigenvalue weighted by Crippen LogP contribution is 2.20. The Bertz CT molecular complexity index is 305. The molecule has 1 unspecified atom stereocenters. The summed E-state index contributed by atoms with van der Waals surface area (Å²) in [4.78, 5) is 13.3. The minimum absolute atomic E-state index is 0.453. The molecule has 0 aliphatic carbocycles. The molecule has 1 atom stereocenters. The van der Waals surface area contributed by atoms with E-state index in [0.29, 0.717) is 13.0 Å². The van der Waals surface area contributed by atoms with Gasteiger partial charge in [-0.05, 0) is 12.8 Å². The first-order valence-corrected chi connectivity index (χ1v) is 5.44. The zero-order chi connectivity index (χ0) is 9.19. The maximum absolute atomic E-state index is 11.1. The van der Waals surface area contributed by atoms with Gasteiger partial charge < -0.3 is 0 Å². The van der Waals surface area contributed by atoms with Crippen molar-refractivity contribution in [3.8, 4) is 0 Å². The van der Waals surface area contributed by atoms with Gasteiger partial charge in [0.05, 0.1) is 6.26 Å². The maximum Gasteiger partial charge on any atom is 0.236 e. The van der Waals surface area contributed by atoms with E-state index in [2.05, 4.69) is 4.99 Å². The molecule has 0 radical (unpaired) electrons. The smallest absolute Gasteiger partial charge is 0.212 e. The van der Waals surface area contributed by atoms with E-state index in [1.165, 1.54) is 10.4 Å². The zero-order valence-electron chi connectivity index (χ0n) is 6.73. The van der Waals surface area contributed by atoms with Crippen molar-refractivity contribution in [1.82, 2.24) is 4.31 Å². The van der Waals surface area contributed by atoms with E-state index in [1.54, 1.807) is 0 Å². The van der Waals surface area contributed by atoms with Crippen molar-refractivity contribution in [2.24, 2.45) is 4.99 Å². The van der Waals surface area contributed by atoms with Crippen LogP contribution < -0.4 is 0 Å². The summed E-state index contributed by atoms with van der Waals surface area (Å²) in [6.07, 6.45) is 3.35. The number of aliphatic imine (C=N–C) groups is 1. The SMILES string of the molecule is CS(=O)(=O)N1CCCC1N=C=O. The van der Waals surface area contributed by atoms with Crippen LogP contribution in [-0.2, 0) is 14.8 Å². The topological polar surface area (TPSA) is 66.8 Å². The summed E-state index contributed by atoms with van der Waals surface area (Å²) >= 11 is 0. The Labute approximate surface area is 71.1 Å². The molecule has 0 aromatic carbocycles. The Morgan fingerprint density at radius 2 is 2.25 bits per heavy atom. The van der Waals surface area contributed by atoms with Crippen LogP contribution >= 0.6 is 0 Å². The zero-order valence-corrected chi connectivity index (χ0v) is 7.54. The van der Waals surface area contributed by atoms with Crippen LogP contribution in [0.1, 0.15) is 12.8 Å². The minimum Gasteiger partial charge on any atom is -0.212 e. The Morgan fingerprint density at radius 1 is 1.58 bits per heavy atom. The molecule has 0 N–H and O–H groups in total. The lowest BCUT2D eigenvalue weighted by molar-refractivity contribution is 0.399. The standard InChI is InChI=1S/C6H10N2O3S/c1-12(10,11)8-4-2-3-6(8)7-5-9/h6H,2-4H2,1H3. The Morgan fingerprint density at radius 3 is 2.75 bits per heavy atom. The normalized spacial score (nSPS) is 25.2.